The second kappa shape index (κ2) is 12.6. The van der Waals surface area contributed by atoms with E-state index < -0.39 is 0 Å². The number of piperazine rings is 1. The predicted molar refractivity (Wildman–Crippen MR) is 144 cm³/mol. The Morgan fingerprint density at radius 2 is 1.72 bits per heavy atom. The molecule has 3 aromatic carbocycles. The SMILES string of the molecule is COc1cc(/C=C/C(=O)NCCN2CCN(C(c3ccccc3)c3ccc(Cl)cc3)CC2)ccc1O. The van der Waals surface area contributed by atoms with E-state index in [1.54, 1.807) is 24.3 Å². The minimum absolute atomic E-state index is 0.0717. The quantitative estimate of drug-likeness (QED) is 0.416. The first-order valence-electron chi connectivity index (χ1n) is 12.1. The van der Waals surface area contributed by atoms with Crippen LogP contribution in [-0.4, -0.2) is 67.2 Å². The largest absolute Gasteiger partial charge is 0.504 e. The number of carbonyl (C=O) groups excluding carboxylic acids is 1. The predicted octanol–water partition coefficient (Wildman–Crippen LogP) is 4.59. The van der Waals surface area contributed by atoms with Crippen molar-refractivity contribution in [3.8, 4) is 11.5 Å². The second-order valence-corrected chi connectivity index (χ2v) is 9.23. The number of aromatic hydroxyl groups is 1. The number of phenols is 1. The fourth-order valence-corrected chi connectivity index (χ4v) is 4.63. The molecule has 0 radical (unpaired) electrons. The molecule has 4 rings (SSSR count). The van der Waals surface area contributed by atoms with Gasteiger partial charge in [-0.15, -0.1) is 0 Å². The molecule has 36 heavy (non-hydrogen) atoms. The zero-order valence-electron chi connectivity index (χ0n) is 20.4. The van der Waals surface area contributed by atoms with E-state index in [4.69, 9.17) is 16.3 Å². The molecule has 1 heterocycles. The zero-order valence-corrected chi connectivity index (χ0v) is 21.2. The molecule has 1 fully saturated rings. The number of ether oxygens (including phenoxy) is 1. The molecule has 2 N–H and O–H groups in total. The van der Waals surface area contributed by atoms with Gasteiger partial charge in [0.25, 0.3) is 0 Å². The second-order valence-electron chi connectivity index (χ2n) is 8.80. The van der Waals surface area contributed by atoms with Crippen LogP contribution in [0.2, 0.25) is 5.02 Å². The third-order valence-electron chi connectivity index (χ3n) is 6.43. The van der Waals surface area contributed by atoms with Crippen LogP contribution in [0, 0.1) is 0 Å². The number of carbonyl (C=O) groups is 1. The normalized spacial score (nSPS) is 15.6. The lowest BCUT2D eigenvalue weighted by Crippen LogP contribution is -2.49. The molecule has 0 bridgehead atoms. The van der Waals surface area contributed by atoms with Crippen molar-refractivity contribution in [1.29, 1.82) is 0 Å². The maximum atomic E-state index is 12.2. The monoisotopic (exact) mass is 505 g/mol. The minimum Gasteiger partial charge on any atom is -0.504 e. The summed E-state index contributed by atoms with van der Waals surface area (Å²) in [5, 5.41) is 13.4. The van der Waals surface area contributed by atoms with Crippen molar-refractivity contribution >= 4 is 23.6 Å². The Labute approximate surface area is 217 Å². The van der Waals surface area contributed by atoms with Gasteiger partial charge in [-0.05, 0) is 47.0 Å². The van der Waals surface area contributed by atoms with Crippen LogP contribution in [-0.2, 0) is 4.79 Å². The minimum atomic E-state index is -0.146. The number of halogens is 1. The van der Waals surface area contributed by atoms with Gasteiger partial charge in [0.1, 0.15) is 0 Å². The molecule has 7 heteroatoms. The fourth-order valence-electron chi connectivity index (χ4n) is 4.51. The molecule has 1 amide bonds. The number of benzene rings is 3. The first kappa shape index (κ1) is 25.8. The van der Waals surface area contributed by atoms with E-state index in [0.29, 0.717) is 12.3 Å². The lowest BCUT2D eigenvalue weighted by molar-refractivity contribution is -0.116. The molecule has 6 nitrogen and oxygen atoms in total. The van der Waals surface area contributed by atoms with E-state index in [1.165, 1.54) is 24.3 Å². The zero-order chi connectivity index (χ0) is 25.3. The van der Waals surface area contributed by atoms with Gasteiger partial charge in [-0.3, -0.25) is 14.6 Å². The maximum absolute atomic E-state index is 12.2. The number of rotatable bonds is 9. The lowest BCUT2D eigenvalue weighted by atomic mass is 9.96. The molecule has 1 saturated heterocycles. The van der Waals surface area contributed by atoms with Crippen LogP contribution in [0.15, 0.2) is 78.9 Å². The summed E-state index contributed by atoms with van der Waals surface area (Å²) in [5.41, 5.74) is 3.30. The molecule has 0 aliphatic carbocycles. The number of amides is 1. The average molecular weight is 506 g/mol. The van der Waals surface area contributed by atoms with Crippen LogP contribution >= 0.6 is 11.6 Å². The summed E-state index contributed by atoms with van der Waals surface area (Å²) in [4.78, 5) is 17.1. The smallest absolute Gasteiger partial charge is 0.244 e. The van der Waals surface area contributed by atoms with Crippen molar-refractivity contribution in [2.75, 3.05) is 46.4 Å². The van der Waals surface area contributed by atoms with Crippen LogP contribution in [0.4, 0.5) is 0 Å². The third kappa shape index (κ3) is 6.88. The summed E-state index contributed by atoms with van der Waals surface area (Å²) in [6, 6.07) is 23.9. The van der Waals surface area contributed by atoms with Crippen molar-refractivity contribution < 1.29 is 14.6 Å². The van der Waals surface area contributed by atoms with E-state index >= 15 is 0 Å². The van der Waals surface area contributed by atoms with E-state index in [0.717, 1.165) is 43.3 Å². The highest BCUT2D eigenvalue weighted by Crippen LogP contribution is 2.30. The molecular formula is C29H32ClN3O3. The fraction of sp³-hybridized carbons (Fsp3) is 0.276. The molecule has 1 aliphatic heterocycles. The summed E-state index contributed by atoms with van der Waals surface area (Å²) in [6.45, 7) is 5.15. The molecule has 3 aromatic rings. The topological polar surface area (TPSA) is 65.0 Å². The van der Waals surface area contributed by atoms with Crippen LogP contribution in [0.3, 0.4) is 0 Å². The van der Waals surface area contributed by atoms with Gasteiger partial charge in [-0.1, -0.05) is 60.1 Å². The first-order valence-corrected chi connectivity index (χ1v) is 12.5. The van der Waals surface area contributed by atoms with E-state index in [1.807, 2.05) is 18.2 Å². The highest BCUT2D eigenvalue weighted by Gasteiger charge is 2.26. The van der Waals surface area contributed by atoms with Gasteiger partial charge in [0.05, 0.1) is 13.2 Å². The Balaban J connectivity index is 1.27. The molecule has 0 aromatic heterocycles. The molecule has 1 aliphatic rings. The standard InChI is InChI=1S/C29H32ClN3O3/c1-36-27-21-22(7-13-26(27)34)8-14-28(35)31-15-16-32-17-19-33(20-18-32)29(23-5-3-2-4-6-23)24-9-11-25(30)12-10-24/h2-14,21,29,34H,15-20H2,1H3,(H,31,35)/b14-8+. The van der Waals surface area contributed by atoms with Crippen molar-refractivity contribution in [1.82, 2.24) is 15.1 Å². The van der Waals surface area contributed by atoms with Gasteiger partial charge in [0.2, 0.25) is 5.91 Å². The Kier molecular flexibility index (Phi) is 9.01. The third-order valence-corrected chi connectivity index (χ3v) is 6.68. The summed E-state index contributed by atoms with van der Waals surface area (Å²) in [5.74, 6) is 0.303. The van der Waals surface area contributed by atoms with E-state index in [-0.39, 0.29) is 17.7 Å². The summed E-state index contributed by atoms with van der Waals surface area (Å²) in [7, 11) is 1.49. The van der Waals surface area contributed by atoms with Gasteiger partial charge in [-0.25, -0.2) is 0 Å². The van der Waals surface area contributed by atoms with E-state index in [2.05, 4.69) is 51.5 Å². The van der Waals surface area contributed by atoms with Gasteiger partial charge >= 0.3 is 0 Å². The van der Waals surface area contributed by atoms with E-state index in [9.17, 15) is 9.90 Å². The number of nitrogens with one attached hydrogen (secondary N) is 1. The number of phenolic OH excluding ortho intramolecular Hbond substituents is 1. The van der Waals surface area contributed by atoms with Gasteiger partial charge in [-0.2, -0.15) is 0 Å². The Morgan fingerprint density at radius 3 is 2.42 bits per heavy atom. The number of methoxy groups -OCH3 is 1. The summed E-state index contributed by atoms with van der Waals surface area (Å²) >= 11 is 6.14. The van der Waals surface area contributed by atoms with Crippen molar-refractivity contribution in [3.05, 3.63) is 101 Å². The van der Waals surface area contributed by atoms with Crippen molar-refractivity contribution in [2.24, 2.45) is 0 Å². The first-order chi connectivity index (χ1) is 17.5. The average Bonchev–Trinajstić information content (AvgIpc) is 2.91. The maximum Gasteiger partial charge on any atom is 0.244 e. The Bertz CT molecular complexity index is 1160. The molecule has 188 valence electrons. The summed E-state index contributed by atoms with van der Waals surface area (Å²) in [6.07, 6.45) is 3.21. The van der Waals surface area contributed by atoms with Crippen LogP contribution < -0.4 is 10.1 Å². The molecule has 1 atom stereocenters. The summed E-state index contributed by atoms with van der Waals surface area (Å²) < 4.78 is 5.10. The molecule has 0 spiro atoms. The van der Waals surface area contributed by atoms with Crippen LogP contribution in [0.25, 0.3) is 6.08 Å². The Morgan fingerprint density at radius 1 is 1.03 bits per heavy atom. The van der Waals surface area contributed by atoms with Crippen LogP contribution in [0.5, 0.6) is 11.5 Å². The van der Waals surface area contributed by atoms with Gasteiger partial charge in [0.15, 0.2) is 11.5 Å². The highest BCUT2D eigenvalue weighted by atomic mass is 35.5. The highest BCUT2D eigenvalue weighted by molar-refractivity contribution is 6.30. The molecular weight excluding hydrogens is 474 g/mol. The van der Waals surface area contributed by atoms with Crippen molar-refractivity contribution in [2.45, 2.75) is 6.04 Å². The molecule has 1 unspecified atom stereocenters. The van der Waals surface area contributed by atoms with Crippen molar-refractivity contribution in [3.63, 3.8) is 0 Å². The van der Waals surface area contributed by atoms with Gasteiger partial charge in [0, 0.05) is 50.4 Å². The van der Waals surface area contributed by atoms with Crippen LogP contribution in [0.1, 0.15) is 22.7 Å². The number of nitrogens with zero attached hydrogens (tertiary/aromatic N) is 2. The Hall–Kier alpha value is -3.32. The lowest BCUT2D eigenvalue weighted by Gasteiger charge is -2.39. The number of hydrogen-bond donors (Lipinski definition) is 2. The molecule has 0 saturated carbocycles. The number of hydrogen-bond acceptors (Lipinski definition) is 5. The van der Waals surface area contributed by atoms with Gasteiger partial charge < -0.3 is 15.2 Å².